The summed E-state index contributed by atoms with van der Waals surface area (Å²) >= 11 is 1.40. The molecule has 3 N–H and O–H groups in total. The number of aliphatic carboxylic acids is 1. The van der Waals surface area contributed by atoms with Crippen molar-refractivity contribution in [3.05, 3.63) is 23.8 Å². The Morgan fingerprint density at radius 1 is 1.42 bits per heavy atom. The van der Waals surface area contributed by atoms with Crippen LogP contribution in [-0.2, 0) is 14.3 Å². The minimum atomic E-state index is -1.07. The number of ether oxygens (including phenoxy) is 1. The third-order valence-electron chi connectivity index (χ3n) is 4.09. The molecule has 128 valence electrons. The maximum Gasteiger partial charge on any atom is 0.326 e. The summed E-state index contributed by atoms with van der Waals surface area (Å²) in [5.74, 6) is -1.55. The van der Waals surface area contributed by atoms with Crippen molar-refractivity contribution in [2.24, 2.45) is 5.92 Å². The van der Waals surface area contributed by atoms with Crippen LogP contribution >= 0.6 is 11.8 Å². The molecule has 3 rings (SSSR count). The van der Waals surface area contributed by atoms with E-state index in [1.54, 1.807) is 18.2 Å². The molecule has 2 atom stereocenters. The number of carbonyl (C=O) groups is 3. The molecular formula is C16H18N2O5S. The summed E-state index contributed by atoms with van der Waals surface area (Å²) in [7, 11) is 0. The number of thioether (sulfide) groups is 1. The van der Waals surface area contributed by atoms with Gasteiger partial charge in [-0.25, -0.2) is 4.79 Å². The van der Waals surface area contributed by atoms with E-state index >= 15 is 0 Å². The molecule has 0 aromatic heterocycles. The lowest BCUT2D eigenvalue weighted by Gasteiger charge is -2.28. The molecule has 0 spiro atoms. The van der Waals surface area contributed by atoms with Crippen molar-refractivity contribution in [3.63, 3.8) is 0 Å². The van der Waals surface area contributed by atoms with Gasteiger partial charge >= 0.3 is 5.97 Å². The minimum Gasteiger partial charge on any atom is -0.480 e. The lowest BCUT2D eigenvalue weighted by Crippen LogP contribution is -2.48. The summed E-state index contributed by atoms with van der Waals surface area (Å²) in [5, 5.41) is 14.7. The molecule has 0 saturated carbocycles. The Morgan fingerprint density at radius 2 is 2.25 bits per heavy atom. The first-order chi connectivity index (χ1) is 11.5. The number of hydrogen-bond acceptors (Lipinski definition) is 5. The van der Waals surface area contributed by atoms with Crippen LogP contribution in [0.15, 0.2) is 23.1 Å². The Bertz CT molecular complexity index is 672. The van der Waals surface area contributed by atoms with Crippen LogP contribution < -0.4 is 10.6 Å². The van der Waals surface area contributed by atoms with Crippen LogP contribution in [0.3, 0.4) is 0 Å². The van der Waals surface area contributed by atoms with Gasteiger partial charge in [-0.3, -0.25) is 9.59 Å². The lowest BCUT2D eigenvalue weighted by molar-refractivity contribution is -0.142. The lowest BCUT2D eigenvalue weighted by atomic mass is 9.93. The van der Waals surface area contributed by atoms with E-state index in [9.17, 15) is 19.5 Å². The van der Waals surface area contributed by atoms with Gasteiger partial charge in [-0.1, -0.05) is 0 Å². The average Bonchev–Trinajstić information content (AvgIpc) is 2.59. The molecule has 1 aromatic rings. The molecule has 2 aliphatic heterocycles. The van der Waals surface area contributed by atoms with Crippen LogP contribution in [0.5, 0.6) is 0 Å². The molecule has 24 heavy (non-hydrogen) atoms. The van der Waals surface area contributed by atoms with E-state index in [1.807, 2.05) is 0 Å². The van der Waals surface area contributed by atoms with Crippen LogP contribution in [0.4, 0.5) is 5.69 Å². The van der Waals surface area contributed by atoms with Gasteiger partial charge in [-0.2, -0.15) is 0 Å². The van der Waals surface area contributed by atoms with Crippen molar-refractivity contribution in [2.75, 3.05) is 24.3 Å². The smallest absolute Gasteiger partial charge is 0.326 e. The number of benzene rings is 1. The van der Waals surface area contributed by atoms with E-state index in [0.29, 0.717) is 36.6 Å². The van der Waals surface area contributed by atoms with E-state index in [1.165, 1.54) is 11.8 Å². The highest BCUT2D eigenvalue weighted by molar-refractivity contribution is 8.00. The zero-order valence-electron chi connectivity index (χ0n) is 12.9. The highest BCUT2D eigenvalue weighted by Gasteiger charge is 2.31. The fraction of sp³-hybridized carbons (Fsp3) is 0.438. The maximum absolute atomic E-state index is 12.4. The van der Waals surface area contributed by atoms with Gasteiger partial charge in [-0.05, 0) is 31.0 Å². The molecule has 0 unspecified atom stereocenters. The van der Waals surface area contributed by atoms with E-state index in [4.69, 9.17) is 4.74 Å². The minimum absolute atomic E-state index is 0.118. The number of anilines is 1. The number of carboxylic acids is 1. The molecule has 1 aromatic carbocycles. The van der Waals surface area contributed by atoms with Gasteiger partial charge < -0.3 is 20.5 Å². The molecule has 2 heterocycles. The molecule has 0 bridgehead atoms. The number of carbonyl (C=O) groups excluding carboxylic acids is 2. The van der Waals surface area contributed by atoms with Gasteiger partial charge in [0.1, 0.15) is 6.04 Å². The third-order valence-corrected chi connectivity index (χ3v) is 5.17. The summed E-state index contributed by atoms with van der Waals surface area (Å²) in [6.07, 6.45) is 1.49. The summed E-state index contributed by atoms with van der Waals surface area (Å²) in [4.78, 5) is 36.3. The first-order valence-corrected chi connectivity index (χ1v) is 8.71. The number of nitrogens with one attached hydrogen (secondary N) is 2. The number of rotatable bonds is 4. The van der Waals surface area contributed by atoms with Gasteiger partial charge in [-0.15, -0.1) is 11.8 Å². The summed E-state index contributed by atoms with van der Waals surface area (Å²) in [6.45, 7) is 0.951. The SMILES string of the molecule is O=C1CSc2ccc(C(=O)N[C@H](C(=O)O)[C@H]3CCCOC3)cc2N1. The van der Waals surface area contributed by atoms with Gasteiger partial charge in [0.15, 0.2) is 0 Å². The molecule has 0 aliphatic carbocycles. The van der Waals surface area contributed by atoms with Crippen molar-refractivity contribution in [2.45, 2.75) is 23.8 Å². The topological polar surface area (TPSA) is 105 Å². The van der Waals surface area contributed by atoms with Gasteiger partial charge in [0.25, 0.3) is 5.91 Å². The van der Waals surface area contributed by atoms with Crippen LogP contribution in [0.1, 0.15) is 23.2 Å². The van der Waals surface area contributed by atoms with Crippen molar-refractivity contribution in [3.8, 4) is 0 Å². The predicted molar refractivity (Wildman–Crippen MR) is 88.2 cm³/mol. The number of hydrogen-bond donors (Lipinski definition) is 3. The average molecular weight is 350 g/mol. The Morgan fingerprint density at radius 3 is 2.96 bits per heavy atom. The van der Waals surface area contributed by atoms with Gasteiger partial charge in [0.05, 0.1) is 18.0 Å². The standard InChI is InChI=1S/C16H18N2O5S/c19-13-8-24-12-4-3-9(6-11(12)17-13)15(20)18-14(16(21)22)10-2-1-5-23-7-10/h3-4,6,10,14H,1-2,5,7-8H2,(H,17,19)(H,18,20)(H,21,22)/t10-,14-/m0/s1. The van der Waals surface area contributed by atoms with Crippen molar-refractivity contribution in [1.29, 1.82) is 0 Å². The molecule has 0 radical (unpaired) electrons. The summed E-state index contributed by atoms with van der Waals surface area (Å²) in [5.41, 5.74) is 0.899. The van der Waals surface area contributed by atoms with Crippen molar-refractivity contribution < 1.29 is 24.2 Å². The molecule has 1 saturated heterocycles. The van der Waals surface area contributed by atoms with Gasteiger partial charge in [0.2, 0.25) is 5.91 Å². The van der Waals surface area contributed by atoms with E-state index < -0.39 is 17.9 Å². The predicted octanol–water partition coefficient (Wildman–Crippen LogP) is 1.34. The molecule has 2 aliphatic rings. The van der Waals surface area contributed by atoms with Crippen LogP contribution in [-0.4, -0.2) is 47.9 Å². The quantitative estimate of drug-likeness (QED) is 0.757. The highest BCUT2D eigenvalue weighted by atomic mass is 32.2. The molecule has 8 heteroatoms. The van der Waals surface area contributed by atoms with Crippen LogP contribution in [0.2, 0.25) is 0 Å². The molecule has 2 amide bonds. The fourth-order valence-corrected chi connectivity index (χ4v) is 3.65. The summed E-state index contributed by atoms with van der Waals surface area (Å²) < 4.78 is 5.32. The monoisotopic (exact) mass is 350 g/mol. The first-order valence-electron chi connectivity index (χ1n) is 7.72. The van der Waals surface area contributed by atoms with Crippen LogP contribution in [0.25, 0.3) is 0 Å². The second-order valence-corrected chi connectivity index (χ2v) is 6.83. The second-order valence-electron chi connectivity index (χ2n) is 5.81. The summed E-state index contributed by atoms with van der Waals surface area (Å²) in [6, 6.07) is 3.98. The Hall–Kier alpha value is -2.06. The van der Waals surface area contributed by atoms with Crippen LogP contribution in [0, 0.1) is 5.92 Å². The van der Waals surface area contributed by atoms with Gasteiger partial charge in [0, 0.05) is 23.0 Å². The number of carboxylic acid groups (broad SMARTS) is 1. The van der Waals surface area contributed by atoms with E-state index in [0.717, 1.165) is 11.3 Å². The highest BCUT2D eigenvalue weighted by Crippen LogP contribution is 2.32. The second kappa shape index (κ2) is 7.23. The maximum atomic E-state index is 12.4. The Balaban J connectivity index is 1.74. The van der Waals surface area contributed by atoms with E-state index in [-0.39, 0.29) is 11.8 Å². The fourth-order valence-electron chi connectivity index (χ4n) is 2.86. The normalized spacial score (nSPS) is 21.3. The largest absolute Gasteiger partial charge is 0.480 e. The Kier molecular flexibility index (Phi) is 5.06. The van der Waals surface area contributed by atoms with Crippen molar-refractivity contribution >= 4 is 35.2 Å². The zero-order valence-corrected chi connectivity index (χ0v) is 13.7. The zero-order chi connectivity index (χ0) is 17.1. The van der Waals surface area contributed by atoms with E-state index in [2.05, 4.69) is 10.6 Å². The van der Waals surface area contributed by atoms with Crippen molar-refractivity contribution in [1.82, 2.24) is 5.32 Å². The first kappa shape index (κ1) is 16.8. The molecule has 7 nitrogen and oxygen atoms in total. The molecule has 1 fully saturated rings. The number of amides is 2. The molecular weight excluding hydrogens is 332 g/mol. The number of fused-ring (bicyclic) bond motifs is 1. The third kappa shape index (κ3) is 3.70. The Labute approximate surface area is 143 Å².